The van der Waals surface area contributed by atoms with Gasteiger partial charge in [0, 0.05) is 6.42 Å². The predicted molar refractivity (Wildman–Crippen MR) is 26.0 cm³/mol. The van der Waals surface area contributed by atoms with E-state index in [1.54, 1.807) is 11.5 Å². The minimum absolute atomic E-state index is 1.16. The highest BCUT2D eigenvalue weighted by Crippen LogP contribution is 1.72. The summed E-state index contributed by atoms with van der Waals surface area (Å²) in [7, 11) is 0. The molecule has 1 aliphatic heterocycles. The normalized spacial score (nSPS) is 20.8. The Morgan fingerprint density at radius 3 is 3.00 bits per heavy atom. The van der Waals surface area contributed by atoms with Crippen molar-refractivity contribution in [1.82, 2.24) is 4.72 Å². The standard InChI is InChI=1S/C3H6NS/c1-2-4-5-3-1/h3-4H,1-2H2/q+1. The lowest BCUT2D eigenvalue weighted by Crippen LogP contribution is -1.98. The molecular formula is C3H6NS+. The van der Waals surface area contributed by atoms with E-state index in [9.17, 15) is 0 Å². The lowest BCUT2D eigenvalue weighted by atomic mass is 10.5. The molecule has 1 nitrogen and oxygen atoms in total. The summed E-state index contributed by atoms with van der Waals surface area (Å²) >= 11 is 1.70. The molecule has 1 rings (SSSR count). The Labute approximate surface area is 35.5 Å². The van der Waals surface area contributed by atoms with Gasteiger partial charge in [-0.2, -0.15) is 0 Å². The molecule has 0 aliphatic carbocycles. The van der Waals surface area contributed by atoms with Crippen molar-refractivity contribution in [2.24, 2.45) is 0 Å². The van der Waals surface area contributed by atoms with E-state index in [0.717, 1.165) is 6.54 Å². The molecule has 0 spiro atoms. The molecule has 0 bridgehead atoms. The summed E-state index contributed by atoms with van der Waals surface area (Å²) in [5.41, 5.74) is 0. The van der Waals surface area contributed by atoms with Gasteiger partial charge in [0.2, 0.25) is 0 Å². The Kier molecular flexibility index (Phi) is 0.960. The average molecular weight is 88.2 g/mol. The van der Waals surface area contributed by atoms with E-state index in [1.165, 1.54) is 6.42 Å². The van der Waals surface area contributed by atoms with Gasteiger partial charge in [-0.15, -0.1) is 0 Å². The second kappa shape index (κ2) is 1.48. The van der Waals surface area contributed by atoms with E-state index in [0.29, 0.717) is 0 Å². The summed E-state index contributed by atoms with van der Waals surface area (Å²) < 4.78 is 3.08. The number of rotatable bonds is 0. The SMILES string of the molecule is C1=[S+]NCC1. The van der Waals surface area contributed by atoms with Gasteiger partial charge < -0.3 is 0 Å². The highest BCUT2D eigenvalue weighted by molar-refractivity contribution is 7.75. The van der Waals surface area contributed by atoms with Crippen LogP contribution in [0.25, 0.3) is 0 Å². The van der Waals surface area contributed by atoms with Crippen molar-refractivity contribution >= 4 is 16.9 Å². The van der Waals surface area contributed by atoms with Gasteiger partial charge in [0.15, 0.2) is 5.37 Å². The molecule has 0 fully saturated rings. The Morgan fingerprint density at radius 2 is 2.80 bits per heavy atom. The first kappa shape index (κ1) is 3.25. The third-order valence-electron chi connectivity index (χ3n) is 0.531. The van der Waals surface area contributed by atoms with Crippen LogP contribution in [0.4, 0.5) is 0 Å². The molecule has 1 N–H and O–H groups in total. The van der Waals surface area contributed by atoms with Crippen molar-refractivity contribution in [1.29, 1.82) is 0 Å². The van der Waals surface area contributed by atoms with Crippen LogP contribution in [0.3, 0.4) is 0 Å². The third kappa shape index (κ3) is 0.667. The van der Waals surface area contributed by atoms with Crippen LogP contribution in [0.1, 0.15) is 6.42 Å². The zero-order valence-electron chi connectivity index (χ0n) is 2.90. The summed E-state index contributed by atoms with van der Waals surface area (Å²) in [6.07, 6.45) is 1.23. The first-order chi connectivity index (χ1) is 2.50. The summed E-state index contributed by atoms with van der Waals surface area (Å²) in [6.45, 7) is 1.16. The van der Waals surface area contributed by atoms with Gasteiger partial charge >= 0.3 is 0 Å². The molecule has 1 aliphatic rings. The van der Waals surface area contributed by atoms with Crippen molar-refractivity contribution < 1.29 is 0 Å². The van der Waals surface area contributed by atoms with Crippen LogP contribution < -0.4 is 4.72 Å². The van der Waals surface area contributed by atoms with E-state index >= 15 is 0 Å². The van der Waals surface area contributed by atoms with Crippen molar-refractivity contribution in [3.05, 3.63) is 0 Å². The lowest BCUT2D eigenvalue weighted by molar-refractivity contribution is 1.00. The predicted octanol–water partition coefficient (Wildman–Crippen LogP) is -0.221. The fourth-order valence-electron chi connectivity index (χ4n) is 0.295. The maximum Gasteiger partial charge on any atom is 0.287 e. The van der Waals surface area contributed by atoms with Gasteiger partial charge in [-0.1, -0.05) is 4.72 Å². The topological polar surface area (TPSA) is 12.0 Å². The van der Waals surface area contributed by atoms with E-state index in [2.05, 4.69) is 10.1 Å². The molecule has 0 amide bonds. The van der Waals surface area contributed by atoms with Crippen molar-refractivity contribution in [3.63, 3.8) is 0 Å². The van der Waals surface area contributed by atoms with Crippen LogP contribution in [0, 0.1) is 0 Å². The highest BCUT2D eigenvalue weighted by atomic mass is 32.1. The van der Waals surface area contributed by atoms with Crippen LogP contribution >= 0.6 is 0 Å². The summed E-state index contributed by atoms with van der Waals surface area (Å²) in [6, 6.07) is 0. The molecule has 1 heterocycles. The van der Waals surface area contributed by atoms with Crippen LogP contribution in [-0.4, -0.2) is 11.9 Å². The van der Waals surface area contributed by atoms with Gasteiger partial charge in [0.05, 0.1) is 6.54 Å². The maximum atomic E-state index is 3.08. The van der Waals surface area contributed by atoms with Gasteiger partial charge in [0.25, 0.3) is 11.5 Å². The van der Waals surface area contributed by atoms with Crippen LogP contribution in [0.15, 0.2) is 0 Å². The second-order valence-corrected chi connectivity index (χ2v) is 1.83. The van der Waals surface area contributed by atoms with E-state index < -0.39 is 0 Å². The molecule has 0 atom stereocenters. The molecule has 5 heavy (non-hydrogen) atoms. The van der Waals surface area contributed by atoms with Crippen LogP contribution in [0.2, 0.25) is 0 Å². The first-order valence-corrected chi connectivity index (χ1v) is 2.58. The first-order valence-electron chi connectivity index (χ1n) is 1.70. The molecule has 28 valence electrons. The lowest BCUT2D eigenvalue weighted by Gasteiger charge is -1.61. The molecule has 0 aromatic heterocycles. The van der Waals surface area contributed by atoms with Crippen molar-refractivity contribution in [2.45, 2.75) is 6.42 Å². The molecule has 2 heteroatoms. The molecular weight excluding hydrogens is 82.1 g/mol. The van der Waals surface area contributed by atoms with Gasteiger partial charge in [-0.05, 0) is 0 Å². The van der Waals surface area contributed by atoms with Crippen molar-refractivity contribution in [2.75, 3.05) is 6.54 Å². The zero-order valence-corrected chi connectivity index (χ0v) is 3.72. The fourth-order valence-corrected chi connectivity index (χ4v) is 0.884. The fraction of sp³-hybridized carbons (Fsp3) is 0.667. The highest BCUT2D eigenvalue weighted by Gasteiger charge is 1.99. The van der Waals surface area contributed by atoms with Crippen LogP contribution in [0.5, 0.6) is 0 Å². The quantitative estimate of drug-likeness (QED) is 0.245. The molecule has 0 saturated heterocycles. The van der Waals surface area contributed by atoms with E-state index in [4.69, 9.17) is 0 Å². The van der Waals surface area contributed by atoms with Gasteiger partial charge in [-0.25, -0.2) is 0 Å². The minimum Gasteiger partial charge on any atom is -0.0714 e. The largest absolute Gasteiger partial charge is 0.287 e. The second-order valence-electron chi connectivity index (χ2n) is 0.968. The van der Waals surface area contributed by atoms with Gasteiger partial charge in [0.1, 0.15) is 0 Å². The van der Waals surface area contributed by atoms with Gasteiger partial charge in [-0.3, -0.25) is 0 Å². The summed E-state index contributed by atoms with van der Waals surface area (Å²) in [4.78, 5) is 0. The third-order valence-corrected chi connectivity index (χ3v) is 1.30. The Hall–Kier alpha value is 0.0500. The smallest absolute Gasteiger partial charge is 0.0714 e. The summed E-state index contributed by atoms with van der Waals surface area (Å²) in [5, 5.41) is 2.17. The Morgan fingerprint density at radius 1 is 1.80 bits per heavy atom. The molecule has 0 unspecified atom stereocenters. The van der Waals surface area contributed by atoms with E-state index in [-0.39, 0.29) is 0 Å². The molecule has 0 aromatic rings. The number of hydrogen-bond donors (Lipinski definition) is 1. The maximum absolute atomic E-state index is 3.08. The molecule has 0 saturated carbocycles. The molecule has 0 radical (unpaired) electrons. The van der Waals surface area contributed by atoms with E-state index in [1.807, 2.05) is 0 Å². The minimum atomic E-state index is 1.16. The molecule has 0 aromatic carbocycles. The average Bonchev–Trinajstić information content (AvgIpc) is 1.76. The zero-order chi connectivity index (χ0) is 3.54. The number of nitrogens with one attached hydrogen (secondary N) is 1. The van der Waals surface area contributed by atoms with Crippen molar-refractivity contribution in [3.8, 4) is 0 Å². The Balaban J connectivity index is 2.32. The van der Waals surface area contributed by atoms with Crippen LogP contribution in [-0.2, 0) is 11.5 Å². The summed E-state index contributed by atoms with van der Waals surface area (Å²) in [5.74, 6) is 0. The number of hydrogen-bond acceptors (Lipinski definition) is 1. The Bertz CT molecular complexity index is 44.9. The monoisotopic (exact) mass is 88.0 g/mol.